The van der Waals surface area contributed by atoms with Crippen LogP contribution in [0.4, 0.5) is 0 Å². The monoisotopic (exact) mass is 324 g/mol. The van der Waals surface area contributed by atoms with E-state index in [1.165, 1.54) is 0 Å². The van der Waals surface area contributed by atoms with Crippen molar-refractivity contribution in [2.45, 2.75) is 32.5 Å². The van der Waals surface area contributed by atoms with Crippen molar-refractivity contribution >= 4 is 5.71 Å². The molecule has 4 nitrogen and oxygen atoms in total. The highest BCUT2D eigenvalue weighted by atomic mass is 16.5. The van der Waals surface area contributed by atoms with Gasteiger partial charge in [0.2, 0.25) is 0 Å². The average molecular weight is 324 g/mol. The zero-order valence-corrected chi connectivity index (χ0v) is 14.4. The Morgan fingerprint density at radius 3 is 2.46 bits per heavy atom. The summed E-state index contributed by atoms with van der Waals surface area (Å²) in [7, 11) is 1.67. The number of phenols is 1. The summed E-state index contributed by atoms with van der Waals surface area (Å²) in [5.74, 6) is 1.53. The van der Waals surface area contributed by atoms with Crippen molar-refractivity contribution in [1.29, 1.82) is 0 Å². The first-order chi connectivity index (χ1) is 11.6. The summed E-state index contributed by atoms with van der Waals surface area (Å²) in [5.41, 5.74) is 3.08. The molecule has 0 spiro atoms. The van der Waals surface area contributed by atoms with Crippen LogP contribution in [-0.4, -0.2) is 24.1 Å². The van der Waals surface area contributed by atoms with Gasteiger partial charge >= 0.3 is 0 Å². The van der Waals surface area contributed by atoms with Gasteiger partial charge in [-0.2, -0.15) is 0 Å². The summed E-state index contributed by atoms with van der Waals surface area (Å²) >= 11 is 0. The van der Waals surface area contributed by atoms with E-state index in [-0.39, 0.29) is 12.2 Å². The fourth-order valence-corrected chi connectivity index (χ4v) is 3.02. The molecule has 2 aromatic carbocycles. The Hall–Kier alpha value is -2.33. The number of hydrogen-bond donors (Lipinski definition) is 2. The Morgan fingerprint density at radius 2 is 1.83 bits per heavy atom. The molecule has 1 heterocycles. The van der Waals surface area contributed by atoms with Crippen LogP contribution in [0.3, 0.4) is 0 Å². The lowest BCUT2D eigenvalue weighted by Gasteiger charge is -2.32. The minimum atomic E-state index is 0.0282. The van der Waals surface area contributed by atoms with Crippen molar-refractivity contribution in [3.05, 3.63) is 59.7 Å². The normalized spacial score (nSPS) is 20.8. The number of hydrogen-bond acceptors (Lipinski definition) is 4. The molecule has 0 unspecified atom stereocenters. The van der Waals surface area contributed by atoms with E-state index >= 15 is 0 Å². The van der Waals surface area contributed by atoms with Gasteiger partial charge in [-0.05, 0) is 41.8 Å². The maximum absolute atomic E-state index is 10.2. The van der Waals surface area contributed by atoms with Crippen molar-refractivity contribution < 1.29 is 9.84 Å². The second-order valence-corrected chi connectivity index (χ2v) is 6.48. The molecule has 0 aromatic heterocycles. The van der Waals surface area contributed by atoms with E-state index in [9.17, 15) is 5.11 Å². The topological polar surface area (TPSA) is 53.8 Å². The van der Waals surface area contributed by atoms with E-state index in [2.05, 4.69) is 19.2 Å². The fourth-order valence-electron chi connectivity index (χ4n) is 3.02. The van der Waals surface area contributed by atoms with Crippen molar-refractivity contribution in [2.24, 2.45) is 10.9 Å². The molecule has 0 bridgehead atoms. The molecule has 0 fully saturated rings. The van der Waals surface area contributed by atoms with E-state index in [1.807, 2.05) is 42.5 Å². The molecular weight excluding hydrogens is 300 g/mol. The Labute approximate surface area is 143 Å². The van der Waals surface area contributed by atoms with Crippen LogP contribution in [0.1, 0.15) is 37.4 Å². The number of ether oxygens (including phenoxy) is 1. The number of para-hydroxylation sites is 1. The van der Waals surface area contributed by atoms with E-state index < -0.39 is 0 Å². The second-order valence-electron chi connectivity index (χ2n) is 6.48. The van der Waals surface area contributed by atoms with Gasteiger partial charge in [-0.1, -0.05) is 32.0 Å². The van der Waals surface area contributed by atoms with Crippen molar-refractivity contribution in [3.63, 3.8) is 0 Å². The predicted molar refractivity (Wildman–Crippen MR) is 96.8 cm³/mol. The van der Waals surface area contributed by atoms with Crippen LogP contribution in [0.25, 0.3) is 0 Å². The molecule has 4 heteroatoms. The predicted octanol–water partition coefficient (Wildman–Crippen LogP) is 3.91. The summed E-state index contributed by atoms with van der Waals surface area (Å²) in [6.07, 6.45) is 0.771. The number of nitrogens with one attached hydrogen (secondary N) is 1. The minimum absolute atomic E-state index is 0.0282. The SMILES string of the molecule is COc1ccc(C2=N[C@H](C(C)C)N[C@@H](c3ccccc3O)C2)cc1. The third-order valence-electron chi connectivity index (χ3n) is 4.43. The highest BCUT2D eigenvalue weighted by molar-refractivity contribution is 6.01. The van der Waals surface area contributed by atoms with Crippen molar-refractivity contribution in [2.75, 3.05) is 7.11 Å². The van der Waals surface area contributed by atoms with Crippen LogP contribution in [-0.2, 0) is 0 Å². The Kier molecular flexibility index (Phi) is 4.86. The Morgan fingerprint density at radius 1 is 1.12 bits per heavy atom. The Bertz CT molecular complexity index is 723. The van der Waals surface area contributed by atoms with Crippen LogP contribution >= 0.6 is 0 Å². The van der Waals surface area contributed by atoms with Gasteiger partial charge in [-0.3, -0.25) is 10.3 Å². The number of nitrogens with zero attached hydrogens (tertiary/aromatic N) is 1. The molecule has 126 valence electrons. The van der Waals surface area contributed by atoms with Crippen LogP contribution in [0.5, 0.6) is 11.5 Å². The summed E-state index contributed by atoms with van der Waals surface area (Å²) in [6, 6.07) is 15.6. The zero-order chi connectivity index (χ0) is 17.1. The molecule has 3 rings (SSSR count). The summed E-state index contributed by atoms with van der Waals surface area (Å²) in [6.45, 7) is 4.31. The molecule has 24 heavy (non-hydrogen) atoms. The first-order valence-electron chi connectivity index (χ1n) is 8.33. The van der Waals surface area contributed by atoms with Gasteiger partial charge < -0.3 is 9.84 Å². The van der Waals surface area contributed by atoms with Crippen molar-refractivity contribution in [3.8, 4) is 11.5 Å². The standard InChI is InChI=1S/C20H24N2O2/c1-13(2)20-21-17(14-8-10-15(24-3)11-9-14)12-18(22-20)16-6-4-5-7-19(16)23/h4-11,13,18,20,22-23H,12H2,1-3H3/t18-,20+/m1/s1. The van der Waals surface area contributed by atoms with E-state index in [1.54, 1.807) is 13.2 Å². The summed E-state index contributed by atoms with van der Waals surface area (Å²) in [5, 5.41) is 13.8. The number of benzene rings is 2. The minimum Gasteiger partial charge on any atom is -0.508 e. The molecule has 2 atom stereocenters. The van der Waals surface area contributed by atoms with Gasteiger partial charge in [0.1, 0.15) is 17.7 Å². The van der Waals surface area contributed by atoms with E-state index in [4.69, 9.17) is 9.73 Å². The van der Waals surface area contributed by atoms with Gasteiger partial charge in [0.25, 0.3) is 0 Å². The molecule has 2 N–H and O–H groups in total. The van der Waals surface area contributed by atoms with Gasteiger partial charge in [0.15, 0.2) is 0 Å². The number of aromatic hydroxyl groups is 1. The number of rotatable bonds is 4. The van der Waals surface area contributed by atoms with E-state index in [0.29, 0.717) is 11.7 Å². The molecule has 1 aliphatic heterocycles. The molecule has 0 amide bonds. The van der Waals surface area contributed by atoms with Gasteiger partial charge in [0, 0.05) is 23.7 Å². The fraction of sp³-hybridized carbons (Fsp3) is 0.350. The van der Waals surface area contributed by atoms with Gasteiger partial charge in [-0.15, -0.1) is 0 Å². The first-order valence-corrected chi connectivity index (χ1v) is 8.33. The molecule has 0 radical (unpaired) electrons. The van der Waals surface area contributed by atoms with Crippen LogP contribution < -0.4 is 10.1 Å². The van der Waals surface area contributed by atoms with E-state index in [0.717, 1.165) is 29.0 Å². The maximum Gasteiger partial charge on any atom is 0.120 e. The van der Waals surface area contributed by atoms with Crippen molar-refractivity contribution in [1.82, 2.24) is 5.32 Å². The smallest absolute Gasteiger partial charge is 0.120 e. The number of phenolic OH excluding ortho intramolecular Hbond substituents is 1. The molecule has 0 aliphatic carbocycles. The molecular formula is C20H24N2O2. The zero-order valence-electron chi connectivity index (χ0n) is 14.4. The lowest BCUT2D eigenvalue weighted by atomic mass is 9.93. The van der Waals surface area contributed by atoms with Gasteiger partial charge in [-0.25, -0.2) is 0 Å². The summed E-state index contributed by atoms with van der Waals surface area (Å²) in [4.78, 5) is 4.90. The quantitative estimate of drug-likeness (QED) is 0.896. The average Bonchev–Trinajstić information content (AvgIpc) is 2.61. The highest BCUT2D eigenvalue weighted by Gasteiger charge is 2.27. The van der Waals surface area contributed by atoms with Crippen LogP contribution in [0.2, 0.25) is 0 Å². The lowest BCUT2D eigenvalue weighted by Crippen LogP contribution is -2.41. The van der Waals surface area contributed by atoms with Crippen LogP contribution in [0.15, 0.2) is 53.5 Å². The van der Waals surface area contributed by atoms with Gasteiger partial charge in [0.05, 0.1) is 7.11 Å². The molecule has 0 saturated heterocycles. The first kappa shape index (κ1) is 16.5. The lowest BCUT2D eigenvalue weighted by molar-refractivity contribution is 0.345. The molecule has 2 aromatic rings. The second kappa shape index (κ2) is 7.05. The molecule has 0 saturated carbocycles. The molecule has 1 aliphatic rings. The summed E-state index contributed by atoms with van der Waals surface area (Å²) < 4.78 is 5.24. The third kappa shape index (κ3) is 3.44. The maximum atomic E-state index is 10.2. The largest absolute Gasteiger partial charge is 0.508 e. The number of aliphatic imine (C=N–C) groups is 1. The number of methoxy groups -OCH3 is 1. The Balaban J connectivity index is 1.93. The highest BCUT2D eigenvalue weighted by Crippen LogP contribution is 2.31. The third-order valence-corrected chi connectivity index (χ3v) is 4.43. The van der Waals surface area contributed by atoms with Crippen LogP contribution in [0, 0.1) is 5.92 Å².